The summed E-state index contributed by atoms with van der Waals surface area (Å²) in [6.07, 6.45) is 0. The normalized spacial score (nSPS) is 10.6. The summed E-state index contributed by atoms with van der Waals surface area (Å²) in [4.78, 5) is 29.3. The number of hydrogen-bond donors (Lipinski definition) is 2. The van der Waals surface area contributed by atoms with Gasteiger partial charge in [-0.15, -0.1) is 0 Å². The summed E-state index contributed by atoms with van der Waals surface area (Å²) < 4.78 is 16.8. The van der Waals surface area contributed by atoms with Gasteiger partial charge in [-0.1, -0.05) is 17.4 Å². The fourth-order valence-corrected chi connectivity index (χ4v) is 4.12. The zero-order chi connectivity index (χ0) is 21.8. The Bertz CT molecular complexity index is 1080. The smallest absolute Gasteiger partial charge is 0.251 e. The molecule has 3 rings (SSSR count). The molecule has 158 valence electrons. The van der Waals surface area contributed by atoms with Crippen molar-refractivity contribution >= 4 is 38.5 Å². The number of nitrogens with zero attached hydrogens (tertiary/aromatic N) is 1. The highest BCUT2D eigenvalue weighted by molar-refractivity contribution is 7.22. The van der Waals surface area contributed by atoms with E-state index < -0.39 is 5.91 Å². The van der Waals surface area contributed by atoms with Crippen LogP contribution in [0.5, 0.6) is 17.2 Å². The molecule has 3 aromatic rings. The molecular formula is C21H23N3O5S. The molecule has 0 atom stereocenters. The van der Waals surface area contributed by atoms with E-state index in [0.29, 0.717) is 22.4 Å². The summed E-state index contributed by atoms with van der Waals surface area (Å²) in [6.45, 7) is 3.80. The summed E-state index contributed by atoms with van der Waals surface area (Å²) in [7, 11) is 4.41. The van der Waals surface area contributed by atoms with Crippen molar-refractivity contribution in [3.8, 4) is 17.2 Å². The van der Waals surface area contributed by atoms with E-state index in [0.717, 1.165) is 21.3 Å². The van der Waals surface area contributed by atoms with Crippen molar-refractivity contribution in [2.45, 2.75) is 13.8 Å². The Morgan fingerprint density at radius 2 is 1.67 bits per heavy atom. The molecule has 2 aromatic carbocycles. The summed E-state index contributed by atoms with van der Waals surface area (Å²) >= 11 is 1.40. The van der Waals surface area contributed by atoms with Gasteiger partial charge in [-0.25, -0.2) is 4.98 Å². The number of nitrogens with one attached hydrogen (secondary N) is 2. The lowest BCUT2D eigenvalue weighted by atomic mass is 10.1. The minimum Gasteiger partial charge on any atom is -0.493 e. The molecule has 0 spiro atoms. The first-order valence-electron chi connectivity index (χ1n) is 9.12. The van der Waals surface area contributed by atoms with E-state index in [1.807, 2.05) is 26.0 Å². The van der Waals surface area contributed by atoms with Gasteiger partial charge in [-0.3, -0.25) is 9.59 Å². The Morgan fingerprint density at radius 3 is 2.27 bits per heavy atom. The molecule has 0 bridgehead atoms. The van der Waals surface area contributed by atoms with Gasteiger partial charge >= 0.3 is 0 Å². The first-order valence-corrected chi connectivity index (χ1v) is 9.93. The molecule has 0 unspecified atom stereocenters. The van der Waals surface area contributed by atoms with E-state index in [9.17, 15) is 9.59 Å². The van der Waals surface area contributed by atoms with E-state index in [4.69, 9.17) is 14.2 Å². The molecule has 2 amide bonds. The molecule has 30 heavy (non-hydrogen) atoms. The maximum atomic E-state index is 12.5. The number of carbonyl (C=O) groups excluding carboxylic acids is 2. The third-order valence-electron chi connectivity index (χ3n) is 4.41. The molecule has 0 aliphatic carbocycles. The van der Waals surface area contributed by atoms with Gasteiger partial charge in [0.25, 0.3) is 5.91 Å². The SMILES string of the molecule is COc1cc(C(=O)NCC(=O)Nc2nc3c(C)cc(C)cc3s2)cc(OC)c1OC. The van der Waals surface area contributed by atoms with Crippen LogP contribution in [-0.4, -0.2) is 44.7 Å². The van der Waals surface area contributed by atoms with Gasteiger partial charge in [-0.05, 0) is 43.2 Å². The van der Waals surface area contributed by atoms with Crippen LogP contribution in [-0.2, 0) is 4.79 Å². The molecule has 0 radical (unpaired) electrons. The molecule has 8 nitrogen and oxygen atoms in total. The number of amides is 2. The first kappa shape index (κ1) is 21.4. The third kappa shape index (κ3) is 4.46. The van der Waals surface area contributed by atoms with Gasteiger partial charge in [0.2, 0.25) is 11.7 Å². The second-order valence-electron chi connectivity index (χ2n) is 6.59. The van der Waals surface area contributed by atoms with Crippen molar-refractivity contribution in [2.24, 2.45) is 0 Å². The molecule has 0 fully saturated rings. The van der Waals surface area contributed by atoms with Crippen LogP contribution in [0, 0.1) is 13.8 Å². The second-order valence-corrected chi connectivity index (χ2v) is 7.62. The Labute approximate surface area is 178 Å². The number of benzene rings is 2. The molecule has 1 aromatic heterocycles. The minimum atomic E-state index is -0.444. The Balaban J connectivity index is 1.67. The van der Waals surface area contributed by atoms with Crippen molar-refractivity contribution < 1.29 is 23.8 Å². The number of aromatic nitrogens is 1. The monoisotopic (exact) mass is 429 g/mol. The lowest BCUT2D eigenvalue weighted by molar-refractivity contribution is -0.115. The Morgan fingerprint density at radius 1 is 1.00 bits per heavy atom. The number of fused-ring (bicyclic) bond motifs is 1. The highest BCUT2D eigenvalue weighted by atomic mass is 32.1. The molecule has 9 heteroatoms. The lowest BCUT2D eigenvalue weighted by Crippen LogP contribution is -2.32. The van der Waals surface area contributed by atoms with Gasteiger partial charge in [0.1, 0.15) is 0 Å². The number of methoxy groups -OCH3 is 3. The van der Waals surface area contributed by atoms with E-state index in [1.165, 1.54) is 44.8 Å². The van der Waals surface area contributed by atoms with Crippen LogP contribution in [0.4, 0.5) is 5.13 Å². The van der Waals surface area contributed by atoms with Crippen LogP contribution in [0.1, 0.15) is 21.5 Å². The third-order valence-corrected chi connectivity index (χ3v) is 5.33. The lowest BCUT2D eigenvalue weighted by Gasteiger charge is -2.14. The predicted molar refractivity (Wildman–Crippen MR) is 116 cm³/mol. The van der Waals surface area contributed by atoms with Crippen molar-refractivity contribution in [3.63, 3.8) is 0 Å². The van der Waals surface area contributed by atoms with Crippen LogP contribution in [0.15, 0.2) is 24.3 Å². The average Bonchev–Trinajstić information content (AvgIpc) is 3.13. The highest BCUT2D eigenvalue weighted by Gasteiger charge is 2.18. The molecule has 1 heterocycles. The zero-order valence-corrected chi connectivity index (χ0v) is 18.2. The first-order chi connectivity index (χ1) is 14.4. The molecule has 2 N–H and O–H groups in total. The summed E-state index contributed by atoms with van der Waals surface area (Å²) in [6, 6.07) is 7.12. The van der Waals surface area contributed by atoms with E-state index in [-0.39, 0.29) is 18.0 Å². The largest absolute Gasteiger partial charge is 0.493 e. The fraction of sp³-hybridized carbons (Fsp3) is 0.286. The van der Waals surface area contributed by atoms with Crippen molar-refractivity contribution in [1.82, 2.24) is 10.3 Å². The minimum absolute atomic E-state index is 0.205. The molecule has 0 saturated heterocycles. The van der Waals surface area contributed by atoms with Crippen LogP contribution in [0.3, 0.4) is 0 Å². The van der Waals surface area contributed by atoms with Crippen LogP contribution in [0.2, 0.25) is 0 Å². The van der Waals surface area contributed by atoms with E-state index >= 15 is 0 Å². The number of carbonyl (C=O) groups is 2. The quantitative estimate of drug-likeness (QED) is 0.598. The zero-order valence-electron chi connectivity index (χ0n) is 17.4. The number of aryl methyl sites for hydroxylation is 2. The Kier molecular flexibility index (Phi) is 6.41. The van der Waals surface area contributed by atoms with Gasteiger partial charge in [0.05, 0.1) is 38.1 Å². The maximum absolute atomic E-state index is 12.5. The van der Waals surface area contributed by atoms with Crippen LogP contribution >= 0.6 is 11.3 Å². The topological polar surface area (TPSA) is 98.8 Å². The van der Waals surface area contributed by atoms with E-state index in [2.05, 4.69) is 15.6 Å². The van der Waals surface area contributed by atoms with Gasteiger partial charge in [-0.2, -0.15) is 0 Å². The fourth-order valence-electron chi connectivity index (χ4n) is 3.06. The molecular weight excluding hydrogens is 406 g/mol. The number of hydrogen-bond acceptors (Lipinski definition) is 7. The second kappa shape index (κ2) is 9.00. The van der Waals surface area contributed by atoms with Gasteiger partial charge in [0, 0.05) is 5.56 Å². The summed E-state index contributed by atoms with van der Waals surface area (Å²) in [5, 5.41) is 5.81. The molecule has 0 aliphatic heterocycles. The summed E-state index contributed by atoms with van der Waals surface area (Å²) in [5.74, 6) is 0.276. The number of anilines is 1. The Hall–Kier alpha value is -3.33. The van der Waals surface area contributed by atoms with Gasteiger partial charge < -0.3 is 24.8 Å². The summed E-state index contributed by atoms with van der Waals surface area (Å²) in [5.41, 5.74) is 3.34. The number of thiazole rings is 1. The van der Waals surface area contributed by atoms with Crippen LogP contribution < -0.4 is 24.8 Å². The van der Waals surface area contributed by atoms with Crippen molar-refractivity contribution in [2.75, 3.05) is 33.2 Å². The van der Waals surface area contributed by atoms with Crippen molar-refractivity contribution in [3.05, 3.63) is 41.0 Å². The average molecular weight is 429 g/mol. The maximum Gasteiger partial charge on any atom is 0.251 e. The molecule has 0 saturated carbocycles. The number of rotatable bonds is 7. The van der Waals surface area contributed by atoms with Crippen LogP contribution in [0.25, 0.3) is 10.2 Å². The predicted octanol–water partition coefficient (Wildman–Crippen LogP) is 3.31. The number of ether oxygens (including phenoxy) is 3. The highest BCUT2D eigenvalue weighted by Crippen LogP contribution is 2.38. The van der Waals surface area contributed by atoms with Crippen molar-refractivity contribution in [1.29, 1.82) is 0 Å². The standard InChI is InChI=1S/C21H23N3O5S/c1-11-6-12(2)18-16(7-11)30-21(24-18)23-17(25)10-22-20(26)13-8-14(27-3)19(29-5)15(9-13)28-4/h6-9H,10H2,1-5H3,(H,22,26)(H,23,24,25). The van der Waals surface area contributed by atoms with E-state index in [1.54, 1.807) is 0 Å². The molecule has 0 aliphatic rings. The van der Waals surface area contributed by atoms with Gasteiger partial charge in [0.15, 0.2) is 16.6 Å².